The fourth-order valence-electron chi connectivity index (χ4n) is 3.01. The van der Waals surface area contributed by atoms with E-state index in [0.717, 1.165) is 0 Å². The molecule has 1 unspecified atom stereocenters. The maximum atomic E-state index is 12.9. The van der Waals surface area contributed by atoms with Gasteiger partial charge < -0.3 is 14.8 Å². The number of rotatable bonds is 4. The summed E-state index contributed by atoms with van der Waals surface area (Å²) in [6, 6.07) is 6.63. The van der Waals surface area contributed by atoms with E-state index in [2.05, 4.69) is 25.5 Å². The predicted molar refractivity (Wildman–Crippen MR) is 97.4 cm³/mol. The largest absolute Gasteiger partial charge is 0.340 e. The molecule has 27 heavy (non-hydrogen) atoms. The minimum Gasteiger partial charge on any atom is -0.340 e. The van der Waals surface area contributed by atoms with Crippen molar-refractivity contribution in [1.82, 2.24) is 30.1 Å². The van der Waals surface area contributed by atoms with E-state index in [-0.39, 0.29) is 22.9 Å². The molecule has 1 amide bonds. The number of fused-ring (bicyclic) bond motifs is 3. The van der Waals surface area contributed by atoms with Crippen LogP contribution >= 0.6 is 0 Å². The van der Waals surface area contributed by atoms with Gasteiger partial charge in [-0.15, -0.1) is 0 Å². The molecule has 4 rings (SSSR count). The average molecular weight is 366 g/mol. The number of amides is 1. The number of carbonyl (C=O) groups is 1. The molecule has 0 bridgehead atoms. The van der Waals surface area contributed by atoms with Crippen LogP contribution in [0, 0.1) is 12.8 Å². The average Bonchev–Trinajstić information content (AvgIpc) is 3.26. The number of aromatic amines is 1. The number of hydrogen-bond donors (Lipinski definition) is 2. The van der Waals surface area contributed by atoms with Crippen molar-refractivity contribution in [3.8, 4) is 0 Å². The van der Waals surface area contributed by atoms with Crippen molar-refractivity contribution in [1.29, 1.82) is 0 Å². The molecule has 3 heterocycles. The predicted octanol–water partition coefficient (Wildman–Crippen LogP) is 1.99. The van der Waals surface area contributed by atoms with Crippen LogP contribution in [0.1, 0.15) is 42.0 Å². The highest BCUT2D eigenvalue weighted by Gasteiger charge is 2.26. The third-order valence-corrected chi connectivity index (χ3v) is 4.39. The Hall–Kier alpha value is -3.49. The maximum Gasteiger partial charge on any atom is 0.259 e. The maximum absolute atomic E-state index is 12.9. The van der Waals surface area contributed by atoms with Crippen LogP contribution in [0.2, 0.25) is 0 Å². The van der Waals surface area contributed by atoms with Gasteiger partial charge in [0, 0.05) is 0 Å². The molecule has 0 radical (unpaired) electrons. The van der Waals surface area contributed by atoms with Gasteiger partial charge in [0.05, 0.1) is 17.1 Å². The summed E-state index contributed by atoms with van der Waals surface area (Å²) in [4.78, 5) is 32.2. The van der Waals surface area contributed by atoms with Gasteiger partial charge in [-0.1, -0.05) is 31.1 Å². The van der Waals surface area contributed by atoms with Gasteiger partial charge in [-0.3, -0.25) is 9.59 Å². The van der Waals surface area contributed by atoms with Gasteiger partial charge in [0.25, 0.3) is 11.5 Å². The number of hydrogen-bond acceptors (Lipinski definition) is 6. The van der Waals surface area contributed by atoms with Crippen molar-refractivity contribution in [3.63, 3.8) is 0 Å². The standard InChI is InChI=1S/C18H18N6O3/c1-9(2)14(18-20-10(3)23-27-18)21-17(26)12-8-19-24-13-7-5-4-6-11(13)16(25)22-15(12)24/h4-9,14H,1-3H3,(H,21,26)(H,22,25). The van der Waals surface area contributed by atoms with Crippen molar-refractivity contribution in [2.24, 2.45) is 5.92 Å². The lowest BCUT2D eigenvalue weighted by molar-refractivity contribution is 0.0915. The van der Waals surface area contributed by atoms with E-state index in [1.807, 2.05) is 19.9 Å². The van der Waals surface area contributed by atoms with Crippen molar-refractivity contribution >= 4 is 22.5 Å². The molecule has 0 spiro atoms. The number of aryl methyl sites for hydroxylation is 1. The fraction of sp³-hybridized carbons (Fsp3) is 0.278. The summed E-state index contributed by atoms with van der Waals surface area (Å²) in [5.74, 6) is 0.476. The van der Waals surface area contributed by atoms with E-state index in [1.54, 1.807) is 29.6 Å². The minimum absolute atomic E-state index is 0.0236. The van der Waals surface area contributed by atoms with Gasteiger partial charge >= 0.3 is 0 Å². The number of para-hydroxylation sites is 1. The quantitative estimate of drug-likeness (QED) is 0.570. The highest BCUT2D eigenvalue weighted by atomic mass is 16.5. The van der Waals surface area contributed by atoms with Crippen molar-refractivity contribution in [2.45, 2.75) is 26.8 Å². The second kappa shape index (κ2) is 6.35. The first-order valence-corrected chi connectivity index (χ1v) is 8.55. The molecule has 0 saturated heterocycles. The third kappa shape index (κ3) is 2.86. The lowest BCUT2D eigenvalue weighted by Crippen LogP contribution is -2.32. The molecule has 138 valence electrons. The first-order valence-electron chi connectivity index (χ1n) is 8.55. The zero-order valence-corrected chi connectivity index (χ0v) is 15.1. The SMILES string of the molecule is Cc1noc(C(NC(=O)c2cnn3c2[nH]c(=O)c2ccccc23)C(C)C)n1. The van der Waals surface area contributed by atoms with Gasteiger partial charge in [0.2, 0.25) is 5.89 Å². The van der Waals surface area contributed by atoms with E-state index in [4.69, 9.17) is 4.52 Å². The number of aromatic nitrogens is 5. The van der Waals surface area contributed by atoms with E-state index < -0.39 is 6.04 Å². The monoisotopic (exact) mass is 366 g/mol. The molecule has 0 fully saturated rings. The Morgan fingerprint density at radius 1 is 1.30 bits per heavy atom. The topological polar surface area (TPSA) is 118 Å². The molecule has 2 N–H and O–H groups in total. The fourth-order valence-corrected chi connectivity index (χ4v) is 3.01. The number of nitrogens with one attached hydrogen (secondary N) is 2. The normalized spacial score (nSPS) is 12.7. The highest BCUT2D eigenvalue weighted by molar-refractivity contribution is 6.00. The summed E-state index contributed by atoms with van der Waals surface area (Å²) in [5, 5.41) is 11.5. The smallest absolute Gasteiger partial charge is 0.259 e. The molecule has 4 aromatic rings. The summed E-state index contributed by atoms with van der Waals surface area (Å²) in [5.41, 5.74) is 0.948. The van der Waals surface area contributed by atoms with Gasteiger partial charge in [0.1, 0.15) is 17.3 Å². The lowest BCUT2D eigenvalue weighted by atomic mass is 10.0. The number of nitrogens with zero attached hydrogens (tertiary/aromatic N) is 4. The Morgan fingerprint density at radius 3 is 2.78 bits per heavy atom. The van der Waals surface area contributed by atoms with Crippen molar-refractivity contribution in [3.05, 3.63) is 58.1 Å². The second-order valence-electron chi connectivity index (χ2n) is 6.66. The van der Waals surface area contributed by atoms with Gasteiger partial charge in [-0.05, 0) is 25.0 Å². The summed E-state index contributed by atoms with van der Waals surface area (Å²) in [7, 11) is 0. The van der Waals surface area contributed by atoms with E-state index >= 15 is 0 Å². The minimum atomic E-state index is -0.458. The lowest BCUT2D eigenvalue weighted by Gasteiger charge is -2.18. The molecule has 9 heteroatoms. The second-order valence-corrected chi connectivity index (χ2v) is 6.66. The number of carbonyl (C=O) groups excluding carboxylic acids is 1. The van der Waals surface area contributed by atoms with E-state index in [0.29, 0.717) is 28.3 Å². The highest BCUT2D eigenvalue weighted by Crippen LogP contribution is 2.21. The molecular formula is C18H18N6O3. The molecule has 3 aromatic heterocycles. The van der Waals surface area contributed by atoms with Crippen LogP contribution in [0.5, 0.6) is 0 Å². The van der Waals surface area contributed by atoms with E-state index in [1.165, 1.54) is 6.20 Å². The zero-order chi connectivity index (χ0) is 19.1. The van der Waals surface area contributed by atoms with Crippen LogP contribution in [0.25, 0.3) is 16.6 Å². The first-order chi connectivity index (χ1) is 13.0. The molecule has 1 atom stereocenters. The van der Waals surface area contributed by atoms with Gasteiger partial charge in [0.15, 0.2) is 5.82 Å². The molecule has 0 aliphatic heterocycles. The van der Waals surface area contributed by atoms with Crippen LogP contribution in [0.15, 0.2) is 39.8 Å². The molecule has 9 nitrogen and oxygen atoms in total. The molecular weight excluding hydrogens is 348 g/mol. The summed E-state index contributed by atoms with van der Waals surface area (Å²) in [6.07, 6.45) is 1.43. The molecule has 0 saturated carbocycles. The Labute approximate surface area is 153 Å². The Morgan fingerprint density at radius 2 is 2.07 bits per heavy atom. The molecule has 1 aromatic carbocycles. The molecule has 0 aliphatic rings. The van der Waals surface area contributed by atoms with Crippen LogP contribution in [-0.4, -0.2) is 30.6 Å². The third-order valence-electron chi connectivity index (χ3n) is 4.39. The number of benzene rings is 1. The molecule has 0 aliphatic carbocycles. The van der Waals surface area contributed by atoms with Gasteiger partial charge in [-0.25, -0.2) is 4.52 Å². The van der Waals surface area contributed by atoms with E-state index in [9.17, 15) is 9.59 Å². The van der Waals surface area contributed by atoms with Crippen LogP contribution < -0.4 is 10.9 Å². The van der Waals surface area contributed by atoms with Crippen LogP contribution in [0.3, 0.4) is 0 Å². The Bertz CT molecular complexity index is 1200. The summed E-state index contributed by atoms with van der Waals surface area (Å²) < 4.78 is 6.76. The summed E-state index contributed by atoms with van der Waals surface area (Å²) in [6.45, 7) is 5.60. The summed E-state index contributed by atoms with van der Waals surface area (Å²) >= 11 is 0. The Kier molecular flexibility index (Phi) is 3.98. The van der Waals surface area contributed by atoms with Gasteiger partial charge in [-0.2, -0.15) is 10.1 Å². The zero-order valence-electron chi connectivity index (χ0n) is 15.1. The van der Waals surface area contributed by atoms with Crippen LogP contribution in [-0.2, 0) is 0 Å². The van der Waals surface area contributed by atoms with Crippen molar-refractivity contribution in [2.75, 3.05) is 0 Å². The first kappa shape index (κ1) is 17.0. The van der Waals surface area contributed by atoms with Crippen LogP contribution in [0.4, 0.5) is 0 Å². The van der Waals surface area contributed by atoms with Crippen molar-refractivity contribution < 1.29 is 9.32 Å². The number of H-pyrrole nitrogens is 1. The Balaban J connectivity index is 1.75.